The van der Waals surface area contributed by atoms with E-state index in [0.717, 1.165) is 51.7 Å². The lowest BCUT2D eigenvalue weighted by atomic mass is 9.99. The fourth-order valence-electron chi connectivity index (χ4n) is 3.69. The van der Waals surface area contributed by atoms with Crippen LogP contribution in [0.15, 0.2) is 0 Å². The van der Waals surface area contributed by atoms with Gasteiger partial charge in [0.1, 0.15) is 0 Å². The van der Waals surface area contributed by atoms with Crippen LogP contribution < -0.4 is 0 Å². The highest BCUT2D eigenvalue weighted by atomic mass is 16.7. The van der Waals surface area contributed by atoms with E-state index in [-0.39, 0.29) is 11.8 Å². The van der Waals surface area contributed by atoms with Gasteiger partial charge in [-0.05, 0) is 26.2 Å². The van der Waals surface area contributed by atoms with Gasteiger partial charge in [0, 0.05) is 19.3 Å². The van der Waals surface area contributed by atoms with E-state index in [1.807, 2.05) is 6.92 Å². The largest absolute Gasteiger partial charge is 0.466 e. The van der Waals surface area contributed by atoms with E-state index in [4.69, 9.17) is 14.2 Å². The average Bonchev–Trinajstić information content (AvgIpc) is 3.09. The predicted octanol–water partition coefficient (Wildman–Crippen LogP) is 6.16. The molecular formula is C22H42O4. The molecule has 0 amide bonds. The summed E-state index contributed by atoms with van der Waals surface area (Å²) in [4.78, 5) is 11.3. The lowest BCUT2D eigenvalue weighted by Crippen LogP contribution is -2.30. The Labute approximate surface area is 161 Å². The Bertz CT molecular complexity index is 337. The number of unbranched alkanes of at least 4 members (excludes halogenated alkanes) is 10. The first-order valence-electron chi connectivity index (χ1n) is 11.2. The van der Waals surface area contributed by atoms with Crippen molar-refractivity contribution in [2.45, 2.75) is 116 Å². The molecule has 4 heteroatoms. The van der Waals surface area contributed by atoms with Gasteiger partial charge in [-0.1, -0.05) is 64.7 Å². The molecule has 1 saturated heterocycles. The van der Waals surface area contributed by atoms with Crippen LogP contribution >= 0.6 is 0 Å². The Hall–Kier alpha value is -0.610. The summed E-state index contributed by atoms with van der Waals surface area (Å²) in [6, 6.07) is 0. The van der Waals surface area contributed by atoms with E-state index in [2.05, 4.69) is 6.92 Å². The number of ether oxygens (including phenoxy) is 3. The third-order valence-corrected chi connectivity index (χ3v) is 5.22. The maximum absolute atomic E-state index is 11.3. The molecule has 0 aromatic carbocycles. The van der Waals surface area contributed by atoms with Crippen LogP contribution in [0.5, 0.6) is 0 Å². The van der Waals surface area contributed by atoms with Gasteiger partial charge < -0.3 is 14.2 Å². The molecule has 0 aromatic rings. The van der Waals surface area contributed by atoms with E-state index in [1.165, 1.54) is 51.4 Å². The molecule has 0 N–H and O–H groups in total. The molecule has 1 fully saturated rings. The van der Waals surface area contributed by atoms with Crippen molar-refractivity contribution >= 4 is 5.97 Å². The predicted molar refractivity (Wildman–Crippen MR) is 106 cm³/mol. The molecule has 0 spiro atoms. The highest BCUT2D eigenvalue weighted by Crippen LogP contribution is 2.32. The zero-order valence-corrected chi connectivity index (χ0v) is 17.4. The second kappa shape index (κ2) is 15.4. The average molecular weight is 371 g/mol. The van der Waals surface area contributed by atoms with Crippen molar-refractivity contribution < 1.29 is 19.0 Å². The summed E-state index contributed by atoms with van der Waals surface area (Å²) in [5.41, 5.74) is 0. The monoisotopic (exact) mass is 370 g/mol. The number of esters is 1. The van der Waals surface area contributed by atoms with Gasteiger partial charge >= 0.3 is 5.97 Å². The number of hydrogen-bond acceptors (Lipinski definition) is 4. The molecule has 0 atom stereocenters. The van der Waals surface area contributed by atoms with Crippen LogP contribution in [0.3, 0.4) is 0 Å². The summed E-state index contributed by atoms with van der Waals surface area (Å²) in [5.74, 6) is -0.385. The van der Waals surface area contributed by atoms with Gasteiger partial charge in [-0.2, -0.15) is 0 Å². The third-order valence-electron chi connectivity index (χ3n) is 5.22. The summed E-state index contributed by atoms with van der Waals surface area (Å²) in [5, 5.41) is 0. The van der Waals surface area contributed by atoms with Crippen LogP contribution in [-0.4, -0.2) is 31.6 Å². The van der Waals surface area contributed by atoms with E-state index in [0.29, 0.717) is 13.0 Å². The molecule has 1 heterocycles. The quantitative estimate of drug-likeness (QED) is 0.227. The minimum Gasteiger partial charge on any atom is -0.466 e. The lowest BCUT2D eigenvalue weighted by Gasteiger charge is -2.27. The van der Waals surface area contributed by atoms with Crippen molar-refractivity contribution in [3.63, 3.8) is 0 Å². The van der Waals surface area contributed by atoms with Crippen LogP contribution in [0.2, 0.25) is 0 Å². The van der Waals surface area contributed by atoms with Crippen LogP contribution in [0.25, 0.3) is 0 Å². The molecule has 0 bridgehead atoms. The lowest BCUT2D eigenvalue weighted by molar-refractivity contribution is -0.168. The highest BCUT2D eigenvalue weighted by Gasteiger charge is 2.35. The summed E-state index contributed by atoms with van der Waals surface area (Å²) in [6.45, 7) is 6.07. The molecule has 1 aliphatic heterocycles. The van der Waals surface area contributed by atoms with Crippen molar-refractivity contribution in [2.24, 2.45) is 0 Å². The Kier molecular flexibility index (Phi) is 13.9. The van der Waals surface area contributed by atoms with E-state index in [1.54, 1.807) is 0 Å². The molecule has 26 heavy (non-hydrogen) atoms. The van der Waals surface area contributed by atoms with E-state index >= 15 is 0 Å². The molecule has 0 saturated carbocycles. The Morgan fingerprint density at radius 2 is 1.27 bits per heavy atom. The molecule has 0 aromatic heterocycles. The number of carbonyl (C=O) groups excluding carboxylic acids is 1. The fourth-order valence-corrected chi connectivity index (χ4v) is 3.69. The van der Waals surface area contributed by atoms with Crippen LogP contribution in [0.1, 0.15) is 110 Å². The topological polar surface area (TPSA) is 44.8 Å². The van der Waals surface area contributed by atoms with E-state index in [9.17, 15) is 4.79 Å². The van der Waals surface area contributed by atoms with Crippen molar-refractivity contribution in [2.75, 3.05) is 19.8 Å². The maximum Gasteiger partial charge on any atom is 0.305 e. The molecule has 154 valence electrons. The molecule has 1 aliphatic rings. The standard InChI is InChI=1S/C22H42O4/c1-3-5-6-7-8-9-11-14-17-22(25-19-20-26-22)18-15-12-10-13-16-21(23)24-4-2/h3-20H2,1-2H3. The minimum atomic E-state index is -0.316. The number of rotatable bonds is 17. The molecule has 0 radical (unpaired) electrons. The van der Waals surface area contributed by atoms with Gasteiger partial charge in [-0.15, -0.1) is 0 Å². The molecular weight excluding hydrogens is 328 g/mol. The summed E-state index contributed by atoms with van der Waals surface area (Å²) in [6.07, 6.45) is 17.5. The van der Waals surface area contributed by atoms with Crippen molar-refractivity contribution in [1.82, 2.24) is 0 Å². The van der Waals surface area contributed by atoms with Crippen LogP contribution in [0, 0.1) is 0 Å². The van der Waals surface area contributed by atoms with E-state index < -0.39 is 0 Å². The minimum absolute atomic E-state index is 0.0684. The van der Waals surface area contributed by atoms with Crippen LogP contribution in [-0.2, 0) is 19.0 Å². The van der Waals surface area contributed by atoms with Gasteiger partial charge in [0.15, 0.2) is 5.79 Å². The molecule has 4 nitrogen and oxygen atoms in total. The van der Waals surface area contributed by atoms with Crippen molar-refractivity contribution in [1.29, 1.82) is 0 Å². The third kappa shape index (κ3) is 11.2. The first-order valence-corrected chi connectivity index (χ1v) is 11.2. The molecule has 0 unspecified atom stereocenters. The number of hydrogen-bond donors (Lipinski definition) is 0. The second-order valence-corrected chi connectivity index (χ2v) is 7.55. The number of carbonyl (C=O) groups is 1. The zero-order chi connectivity index (χ0) is 18.9. The molecule has 1 rings (SSSR count). The SMILES string of the molecule is CCCCCCCCCCC1(CCCCCCC(=O)OCC)OCCO1. The molecule has 0 aliphatic carbocycles. The summed E-state index contributed by atoms with van der Waals surface area (Å²) >= 11 is 0. The van der Waals surface area contributed by atoms with Crippen LogP contribution in [0.4, 0.5) is 0 Å². The Balaban J connectivity index is 2.05. The maximum atomic E-state index is 11.3. The zero-order valence-electron chi connectivity index (χ0n) is 17.4. The first kappa shape index (κ1) is 23.4. The highest BCUT2D eigenvalue weighted by molar-refractivity contribution is 5.69. The fraction of sp³-hybridized carbons (Fsp3) is 0.955. The van der Waals surface area contributed by atoms with Crippen molar-refractivity contribution in [3.8, 4) is 0 Å². The van der Waals surface area contributed by atoms with Crippen molar-refractivity contribution in [3.05, 3.63) is 0 Å². The van der Waals surface area contributed by atoms with Gasteiger partial charge in [-0.25, -0.2) is 0 Å². The summed E-state index contributed by atoms with van der Waals surface area (Å²) < 4.78 is 16.9. The Morgan fingerprint density at radius 3 is 1.81 bits per heavy atom. The first-order chi connectivity index (χ1) is 12.7. The summed E-state index contributed by atoms with van der Waals surface area (Å²) in [7, 11) is 0. The van der Waals surface area contributed by atoms with Gasteiger partial charge in [0.05, 0.1) is 19.8 Å². The van der Waals surface area contributed by atoms with Gasteiger partial charge in [-0.3, -0.25) is 4.79 Å². The Morgan fingerprint density at radius 1 is 0.769 bits per heavy atom. The second-order valence-electron chi connectivity index (χ2n) is 7.55. The van der Waals surface area contributed by atoms with Gasteiger partial charge in [0.25, 0.3) is 0 Å². The normalized spacial score (nSPS) is 16.1. The van der Waals surface area contributed by atoms with Gasteiger partial charge in [0.2, 0.25) is 0 Å². The smallest absolute Gasteiger partial charge is 0.305 e.